The molecule has 0 unspecified atom stereocenters. The van der Waals surface area contributed by atoms with Crippen LogP contribution in [0.25, 0.3) is 11.3 Å². The van der Waals surface area contributed by atoms with Crippen molar-refractivity contribution >= 4 is 17.9 Å². The van der Waals surface area contributed by atoms with E-state index in [0.717, 1.165) is 12.8 Å². The highest BCUT2D eigenvalue weighted by atomic mass is 35.5. The van der Waals surface area contributed by atoms with E-state index in [1.807, 2.05) is 0 Å². The second-order valence-corrected chi connectivity index (χ2v) is 4.71. The van der Waals surface area contributed by atoms with Gasteiger partial charge in [0.1, 0.15) is 11.5 Å². The molecule has 1 saturated carbocycles. The molecule has 0 aliphatic heterocycles. The van der Waals surface area contributed by atoms with Gasteiger partial charge in [0.2, 0.25) is 0 Å². The molecule has 1 aromatic heterocycles. The minimum absolute atomic E-state index is 0.122. The maximum atomic E-state index is 13.8. The van der Waals surface area contributed by atoms with Crippen LogP contribution < -0.4 is 0 Å². The normalized spacial score (nSPS) is 14.8. The first-order chi connectivity index (χ1) is 8.72. The Hall–Kier alpha value is -1.68. The first-order valence-corrected chi connectivity index (χ1v) is 5.99. The Balaban J connectivity index is 2.19. The molecule has 0 amide bonds. The number of nitrogens with zero attached hydrogens (tertiary/aromatic N) is 1. The third-order valence-corrected chi connectivity index (χ3v) is 3.34. The van der Waals surface area contributed by atoms with E-state index in [-0.39, 0.29) is 22.2 Å². The molecule has 0 bridgehead atoms. The summed E-state index contributed by atoms with van der Waals surface area (Å²) in [5.74, 6) is 0.262. The van der Waals surface area contributed by atoms with Crippen LogP contribution in [0.4, 0.5) is 4.39 Å². The number of aromatic nitrogens is 1. The molecule has 0 atom stereocenters. The van der Waals surface area contributed by atoms with Gasteiger partial charge in [0.15, 0.2) is 12.0 Å². The second kappa shape index (κ2) is 4.21. The fraction of sp³-hybridized carbons (Fsp3) is 0.231. The van der Waals surface area contributed by atoms with Crippen molar-refractivity contribution in [2.75, 3.05) is 0 Å². The number of carbonyl (C=O) groups excluding carboxylic acids is 1. The fourth-order valence-electron chi connectivity index (χ4n) is 1.97. The molecule has 3 rings (SSSR count). The van der Waals surface area contributed by atoms with E-state index < -0.39 is 5.82 Å². The SMILES string of the molecule is O=Cc1c(-c2c(F)cccc2Cl)noc1C1CC1. The van der Waals surface area contributed by atoms with Crippen molar-refractivity contribution in [2.24, 2.45) is 0 Å². The highest BCUT2D eigenvalue weighted by Crippen LogP contribution is 2.44. The lowest BCUT2D eigenvalue weighted by atomic mass is 10.0. The molecule has 2 aromatic rings. The number of hydrogen-bond acceptors (Lipinski definition) is 3. The molecule has 1 aliphatic carbocycles. The molecule has 1 aliphatic rings. The first-order valence-electron chi connectivity index (χ1n) is 5.61. The Labute approximate surface area is 108 Å². The lowest BCUT2D eigenvalue weighted by Gasteiger charge is -2.02. The van der Waals surface area contributed by atoms with Gasteiger partial charge < -0.3 is 4.52 Å². The minimum atomic E-state index is -0.513. The van der Waals surface area contributed by atoms with Crippen LogP contribution in [0.3, 0.4) is 0 Å². The lowest BCUT2D eigenvalue weighted by Crippen LogP contribution is -1.92. The number of benzene rings is 1. The maximum Gasteiger partial charge on any atom is 0.155 e. The van der Waals surface area contributed by atoms with Gasteiger partial charge in [-0.1, -0.05) is 22.8 Å². The van der Waals surface area contributed by atoms with Gasteiger partial charge in [-0.05, 0) is 25.0 Å². The average Bonchev–Trinajstić information content (AvgIpc) is 3.10. The topological polar surface area (TPSA) is 43.1 Å². The third kappa shape index (κ3) is 1.73. The van der Waals surface area contributed by atoms with Crippen molar-refractivity contribution in [3.63, 3.8) is 0 Å². The van der Waals surface area contributed by atoms with Crippen molar-refractivity contribution in [1.82, 2.24) is 5.16 Å². The summed E-state index contributed by atoms with van der Waals surface area (Å²) in [5, 5.41) is 4.03. The van der Waals surface area contributed by atoms with Crippen LogP contribution in [0.1, 0.15) is 34.9 Å². The van der Waals surface area contributed by atoms with Crippen LogP contribution in [0.15, 0.2) is 22.7 Å². The molecule has 0 N–H and O–H groups in total. The zero-order chi connectivity index (χ0) is 12.7. The van der Waals surface area contributed by atoms with Crippen LogP contribution in [-0.2, 0) is 0 Å². The first kappa shape index (κ1) is 11.4. The average molecular weight is 266 g/mol. The Bertz CT molecular complexity index is 599. The van der Waals surface area contributed by atoms with Crippen molar-refractivity contribution in [3.05, 3.63) is 40.4 Å². The van der Waals surface area contributed by atoms with Crippen LogP contribution in [0, 0.1) is 5.82 Å². The Kier molecular flexibility index (Phi) is 2.67. The summed E-state index contributed by atoms with van der Waals surface area (Å²) in [4.78, 5) is 11.2. The Morgan fingerprint density at radius 2 is 2.22 bits per heavy atom. The van der Waals surface area contributed by atoms with Crippen molar-refractivity contribution in [2.45, 2.75) is 18.8 Å². The van der Waals surface area contributed by atoms with Gasteiger partial charge in [0.25, 0.3) is 0 Å². The molecule has 1 aromatic carbocycles. The monoisotopic (exact) mass is 265 g/mol. The number of carbonyl (C=O) groups is 1. The molecule has 5 heteroatoms. The number of hydrogen-bond donors (Lipinski definition) is 0. The standard InChI is InChI=1S/C13H9ClFNO2/c14-9-2-1-3-10(15)11(9)12-8(6-17)13(18-16-12)7-4-5-7/h1-3,6-7H,4-5H2. The summed E-state index contributed by atoms with van der Waals surface area (Å²) >= 11 is 5.96. The van der Waals surface area contributed by atoms with Gasteiger partial charge >= 0.3 is 0 Å². The summed E-state index contributed by atoms with van der Waals surface area (Å²) in [6.07, 6.45) is 2.60. The Morgan fingerprint density at radius 1 is 1.44 bits per heavy atom. The van der Waals surface area contributed by atoms with Crippen LogP contribution in [0.5, 0.6) is 0 Å². The fourth-order valence-corrected chi connectivity index (χ4v) is 2.22. The summed E-state index contributed by atoms with van der Waals surface area (Å²) in [7, 11) is 0. The van der Waals surface area contributed by atoms with Gasteiger partial charge in [-0.3, -0.25) is 4.79 Å². The van der Waals surface area contributed by atoms with E-state index in [2.05, 4.69) is 5.16 Å². The predicted molar refractivity (Wildman–Crippen MR) is 64.3 cm³/mol. The van der Waals surface area contributed by atoms with E-state index in [1.54, 1.807) is 6.07 Å². The van der Waals surface area contributed by atoms with E-state index in [0.29, 0.717) is 17.6 Å². The molecule has 0 saturated heterocycles. The third-order valence-electron chi connectivity index (χ3n) is 3.02. The smallest absolute Gasteiger partial charge is 0.155 e. The molecular formula is C13H9ClFNO2. The summed E-state index contributed by atoms with van der Waals surface area (Å²) in [6, 6.07) is 4.34. The van der Waals surface area contributed by atoms with E-state index in [4.69, 9.17) is 16.1 Å². The molecular weight excluding hydrogens is 257 g/mol. The second-order valence-electron chi connectivity index (χ2n) is 4.30. The van der Waals surface area contributed by atoms with Crippen molar-refractivity contribution < 1.29 is 13.7 Å². The molecule has 18 heavy (non-hydrogen) atoms. The van der Waals surface area contributed by atoms with Gasteiger partial charge in [-0.15, -0.1) is 0 Å². The highest BCUT2D eigenvalue weighted by molar-refractivity contribution is 6.33. The van der Waals surface area contributed by atoms with E-state index in [1.165, 1.54) is 12.1 Å². The molecule has 1 heterocycles. The lowest BCUT2D eigenvalue weighted by molar-refractivity contribution is 0.112. The van der Waals surface area contributed by atoms with Crippen LogP contribution in [-0.4, -0.2) is 11.4 Å². The minimum Gasteiger partial charge on any atom is -0.360 e. The number of aldehydes is 1. The quantitative estimate of drug-likeness (QED) is 0.792. The predicted octanol–water partition coefficient (Wildman–Crippen LogP) is 3.82. The molecule has 1 fully saturated rings. The Morgan fingerprint density at radius 3 is 2.83 bits per heavy atom. The zero-order valence-corrected chi connectivity index (χ0v) is 10.1. The van der Waals surface area contributed by atoms with Crippen molar-refractivity contribution in [3.8, 4) is 11.3 Å². The maximum absolute atomic E-state index is 13.8. The number of halogens is 2. The van der Waals surface area contributed by atoms with E-state index >= 15 is 0 Å². The van der Waals surface area contributed by atoms with Gasteiger partial charge in [-0.25, -0.2) is 4.39 Å². The van der Waals surface area contributed by atoms with Gasteiger partial charge in [0, 0.05) is 5.92 Å². The largest absolute Gasteiger partial charge is 0.360 e. The van der Waals surface area contributed by atoms with Gasteiger partial charge in [-0.2, -0.15) is 0 Å². The van der Waals surface area contributed by atoms with Crippen LogP contribution >= 0.6 is 11.6 Å². The summed E-state index contributed by atoms with van der Waals surface area (Å²) in [5.41, 5.74) is 0.622. The van der Waals surface area contributed by atoms with Crippen LogP contribution in [0.2, 0.25) is 5.02 Å². The summed E-state index contributed by atoms with van der Waals surface area (Å²) < 4.78 is 19.0. The van der Waals surface area contributed by atoms with E-state index in [9.17, 15) is 9.18 Å². The molecule has 0 spiro atoms. The van der Waals surface area contributed by atoms with Gasteiger partial charge in [0.05, 0.1) is 16.1 Å². The molecule has 92 valence electrons. The molecule has 3 nitrogen and oxygen atoms in total. The molecule has 0 radical (unpaired) electrons. The summed E-state index contributed by atoms with van der Waals surface area (Å²) in [6.45, 7) is 0. The highest BCUT2D eigenvalue weighted by Gasteiger charge is 2.33. The van der Waals surface area contributed by atoms with Crippen molar-refractivity contribution in [1.29, 1.82) is 0 Å². The number of rotatable bonds is 3. The zero-order valence-electron chi connectivity index (χ0n) is 9.32.